The number of carbonyl (C=O) groups is 3. The molecule has 162 valence electrons. The Morgan fingerprint density at radius 3 is 2.45 bits per heavy atom. The Balaban J connectivity index is 1.65. The molecule has 3 fully saturated rings. The van der Waals surface area contributed by atoms with Gasteiger partial charge in [-0.3, -0.25) is 14.4 Å². The van der Waals surface area contributed by atoms with Crippen molar-refractivity contribution in [1.29, 1.82) is 0 Å². The number of nitrogens with one attached hydrogen (secondary N) is 2. The van der Waals surface area contributed by atoms with Crippen LogP contribution in [0.15, 0.2) is 5.10 Å². The van der Waals surface area contributed by atoms with Crippen LogP contribution < -0.4 is 10.7 Å². The van der Waals surface area contributed by atoms with Crippen LogP contribution in [0.25, 0.3) is 0 Å². The van der Waals surface area contributed by atoms with Gasteiger partial charge < -0.3 is 15.0 Å². The molecule has 2 amide bonds. The SMILES string of the molecule is C[C@@H]1CN(C)/C(=N/NC(=O)C(=O)C(NC(=O)C2CCCCC2)C2CCOCC2)S1. The predicted molar refractivity (Wildman–Crippen MR) is 112 cm³/mol. The van der Waals surface area contributed by atoms with Crippen molar-refractivity contribution in [1.82, 2.24) is 15.6 Å². The lowest BCUT2D eigenvalue weighted by Crippen LogP contribution is -2.53. The zero-order valence-electron chi connectivity index (χ0n) is 17.3. The summed E-state index contributed by atoms with van der Waals surface area (Å²) >= 11 is 1.56. The Morgan fingerprint density at radius 2 is 1.83 bits per heavy atom. The molecule has 2 saturated heterocycles. The summed E-state index contributed by atoms with van der Waals surface area (Å²) in [6.45, 7) is 4.00. The minimum absolute atomic E-state index is 0.0628. The van der Waals surface area contributed by atoms with Gasteiger partial charge in [-0.1, -0.05) is 37.9 Å². The normalized spacial score (nSPS) is 26.3. The average Bonchev–Trinajstić information content (AvgIpc) is 3.07. The number of nitrogens with zero attached hydrogens (tertiary/aromatic N) is 2. The van der Waals surface area contributed by atoms with Crippen LogP contribution in [0, 0.1) is 11.8 Å². The number of amidine groups is 1. The molecule has 0 aromatic heterocycles. The van der Waals surface area contributed by atoms with E-state index in [1.165, 1.54) is 0 Å². The fourth-order valence-electron chi connectivity index (χ4n) is 4.26. The zero-order chi connectivity index (χ0) is 20.8. The second-order valence-corrected chi connectivity index (χ2v) is 9.69. The molecule has 3 rings (SSSR count). The molecule has 2 N–H and O–H groups in total. The molecule has 1 unspecified atom stereocenters. The van der Waals surface area contributed by atoms with Gasteiger partial charge in [0.25, 0.3) is 0 Å². The van der Waals surface area contributed by atoms with Crippen molar-refractivity contribution < 1.29 is 19.1 Å². The minimum atomic E-state index is -0.818. The summed E-state index contributed by atoms with van der Waals surface area (Å²) in [7, 11) is 1.90. The molecule has 0 aromatic carbocycles. The molecule has 0 radical (unpaired) electrons. The third-order valence-electron chi connectivity index (χ3n) is 5.93. The van der Waals surface area contributed by atoms with Gasteiger partial charge in [0, 0.05) is 38.0 Å². The van der Waals surface area contributed by atoms with Crippen LogP contribution >= 0.6 is 11.8 Å². The van der Waals surface area contributed by atoms with E-state index in [1.807, 2.05) is 11.9 Å². The van der Waals surface area contributed by atoms with Crippen molar-refractivity contribution >= 4 is 34.5 Å². The van der Waals surface area contributed by atoms with Gasteiger partial charge in [-0.05, 0) is 31.6 Å². The highest BCUT2D eigenvalue weighted by molar-refractivity contribution is 8.14. The van der Waals surface area contributed by atoms with Crippen molar-refractivity contribution in [2.75, 3.05) is 26.8 Å². The molecule has 1 saturated carbocycles. The van der Waals surface area contributed by atoms with E-state index in [9.17, 15) is 14.4 Å². The first-order valence-corrected chi connectivity index (χ1v) is 11.5. The van der Waals surface area contributed by atoms with Gasteiger partial charge in [0.1, 0.15) is 6.04 Å². The molecule has 0 aromatic rings. The topological polar surface area (TPSA) is 100 Å². The summed E-state index contributed by atoms with van der Waals surface area (Å²) in [4.78, 5) is 40.2. The smallest absolute Gasteiger partial charge is 0.309 e. The van der Waals surface area contributed by atoms with Gasteiger partial charge in [0.15, 0.2) is 5.17 Å². The van der Waals surface area contributed by atoms with Gasteiger partial charge in [0.05, 0.1) is 0 Å². The summed E-state index contributed by atoms with van der Waals surface area (Å²) in [6.07, 6.45) is 6.23. The third kappa shape index (κ3) is 5.94. The lowest BCUT2D eigenvalue weighted by atomic mass is 9.85. The van der Waals surface area contributed by atoms with E-state index in [0.717, 1.165) is 38.6 Å². The Bertz CT molecular complexity index is 644. The number of rotatable bonds is 6. The minimum Gasteiger partial charge on any atom is -0.381 e. The molecular weight excluding hydrogens is 392 g/mol. The van der Waals surface area contributed by atoms with Crippen molar-refractivity contribution in [3.8, 4) is 0 Å². The lowest BCUT2D eigenvalue weighted by Gasteiger charge is -2.31. The van der Waals surface area contributed by atoms with E-state index in [4.69, 9.17) is 4.74 Å². The van der Waals surface area contributed by atoms with E-state index in [2.05, 4.69) is 22.8 Å². The van der Waals surface area contributed by atoms with Crippen LogP contribution in [-0.2, 0) is 19.1 Å². The maximum absolute atomic E-state index is 13.0. The number of thioether (sulfide) groups is 1. The summed E-state index contributed by atoms with van der Waals surface area (Å²) in [5, 5.41) is 8.10. The molecule has 1 aliphatic carbocycles. The first-order chi connectivity index (χ1) is 14.0. The molecule has 9 heteroatoms. The van der Waals surface area contributed by atoms with E-state index < -0.39 is 17.7 Å². The van der Waals surface area contributed by atoms with E-state index in [1.54, 1.807) is 11.8 Å². The first-order valence-electron chi connectivity index (χ1n) is 10.6. The molecule has 0 spiro atoms. The van der Waals surface area contributed by atoms with Crippen molar-refractivity contribution in [3.05, 3.63) is 0 Å². The van der Waals surface area contributed by atoms with Gasteiger partial charge in [-0.25, -0.2) is 5.43 Å². The largest absolute Gasteiger partial charge is 0.381 e. The number of hydrogen-bond acceptors (Lipinski definition) is 6. The van der Waals surface area contributed by atoms with Gasteiger partial charge in [-0.15, -0.1) is 5.10 Å². The Labute approximate surface area is 176 Å². The van der Waals surface area contributed by atoms with Crippen LogP contribution in [0.1, 0.15) is 51.9 Å². The van der Waals surface area contributed by atoms with Crippen LogP contribution in [0.2, 0.25) is 0 Å². The van der Waals surface area contributed by atoms with Gasteiger partial charge in [-0.2, -0.15) is 0 Å². The van der Waals surface area contributed by atoms with E-state index >= 15 is 0 Å². The molecule has 2 heterocycles. The molecule has 2 atom stereocenters. The molecular formula is C20H32N4O4S. The van der Waals surface area contributed by atoms with Crippen molar-refractivity contribution in [3.63, 3.8) is 0 Å². The molecule has 29 heavy (non-hydrogen) atoms. The third-order valence-corrected chi connectivity index (χ3v) is 7.10. The highest BCUT2D eigenvalue weighted by atomic mass is 32.2. The Morgan fingerprint density at radius 1 is 1.14 bits per heavy atom. The zero-order valence-corrected chi connectivity index (χ0v) is 18.1. The highest BCUT2D eigenvalue weighted by Crippen LogP contribution is 2.26. The van der Waals surface area contributed by atoms with Gasteiger partial charge in [0.2, 0.25) is 11.7 Å². The fraction of sp³-hybridized carbons (Fsp3) is 0.800. The summed E-state index contributed by atoms with van der Waals surface area (Å²) in [6, 6.07) is -0.818. The Hall–Kier alpha value is -1.61. The molecule has 8 nitrogen and oxygen atoms in total. The fourth-order valence-corrected chi connectivity index (χ4v) is 5.27. The highest BCUT2D eigenvalue weighted by Gasteiger charge is 2.36. The standard InChI is InChI=1S/C20H32N4O4S/c1-13-12-24(2)20(29-13)23-22-19(27)17(25)16(14-8-10-28-11-9-14)21-18(26)15-6-4-3-5-7-15/h13-16H,3-12H2,1-2H3,(H,21,26)(H,22,27)/b23-20-/t13-,16?/m1/s1. The predicted octanol–water partition coefficient (Wildman–Crippen LogP) is 1.50. The molecule has 3 aliphatic rings. The first kappa shape index (κ1) is 22.1. The van der Waals surface area contributed by atoms with Crippen molar-refractivity contribution in [2.24, 2.45) is 16.9 Å². The lowest BCUT2D eigenvalue weighted by molar-refractivity contribution is -0.142. The summed E-state index contributed by atoms with van der Waals surface area (Å²) < 4.78 is 5.39. The van der Waals surface area contributed by atoms with Crippen LogP contribution in [0.5, 0.6) is 0 Å². The number of hydrogen-bond donors (Lipinski definition) is 2. The number of ether oxygens (including phenoxy) is 1. The number of ketones is 1. The quantitative estimate of drug-likeness (QED) is 0.495. The summed E-state index contributed by atoms with van der Waals surface area (Å²) in [5.74, 6) is -1.65. The van der Waals surface area contributed by atoms with Crippen LogP contribution in [0.3, 0.4) is 0 Å². The van der Waals surface area contributed by atoms with Crippen LogP contribution in [0.4, 0.5) is 0 Å². The average molecular weight is 425 g/mol. The van der Waals surface area contributed by atoms with Crippen molar-refractivity contribution in [2.45, 2.75) is 63.2 Å². The Kier molecular flexibility index (Phi) is 7.94. The second-order valence-electron chi connectivity index (χ2n) is 8.28. The van der Waals surface area contributed by atoms with E-state index in [-0.39, 0.29) is 17.7 Å². The van der Waals surface area contributed by atoms with E-state index in [0.29, 0.717) is 36.5 Å². The molecule has 2 aliphatic heterocycles. The second kappa shape index (κ2) is 10.4. The number of carbonyl (C=O) groups excluding carboxylic acids is 3. The molecule has 0 bridgehead atoms. The number of hydrazone groups is 1. The monoisotopic (exact) mass is 424 g/mol. The van der Waals surface area contributed by atoms with Crippen LogP contribution in [-0.4, -0.2) is 65.8 Å². The maximum atomic E-state index is 13.0. The number of Topliss-reactive ketones (excluding diaryl/α,β-unsaturated/α-hetero) is 1. The maximum Gasteiger partial charge on any atom is 0.309 e. The summed E-state index contributed by atoms with van der Waals surface area (Å²) in [5.41, 5.74) is 2.40. The van der Waals surface area contributed by atoms with Gasteiger partial charge >= 0.3 is 5.91 Å². The number of amides is 2.